The van der Waals surface area contributed by atoms with Gasteiger partial charge in [-0.1, -0.05) is 44.2 Å². The van der Waals surface area contributed by atoms with Crippen LogP contribution in [0.4, 0.5) is 4.79 Å². The summed E-state index contributed by atoms with van der Waals surface area (Å²) < 4.78 is 10.3. The predicted octanol–water partition coefficient (Wildman–Crippen LogP) is 3.70. The lowest BCUT2D eigenvalue weighted by Gasteiger charge is -2.41. The molecule has 1 aliphatic rings. The number of nitrogens with zero attached hydrogens (tertiary/aromatic N) is 2. The van der Waals surface area contributed by atoms with Crippen LogP contribution in [0.2, 0.25) is 0 Å². The first-order valence-electron chi connectivity index (χ1n) is 9.61. The highest BCUT2D eigenvalue weighted by molar-refractivity contribution is 5.73. The lowest BCUT2D eigenvalue weighted by Crippen LogP contribution is -2.56. The fourth-order valence-electron chi connectivity index (χ4n) is 2.92. The summed E-state index contributed by atoms with van der Waals surface area (Å²) in [5, 5.41) is 0. The topological polar surface area (TPSA) is 59.1 Å². The number of piperazine rings is 1. The second-order valence-electron chi connectivity index (χ2n) is 7.33. The first-order chi connectivity index (χ1) is 12.8. The van der Waals surface area contributed by atoms with Crippen LogP contribution in [0.5, 0.6) is 0 Å². The van der Waals surface area contributed by atoms with Crippen molar-refractivity contribution >= 4 is 12.1 Å². The second kappa shape index (κ2) is 10.9. The average Bonchev–Trinajstić information content (AvgIpc) is 2.63. The molecule has 0 bridgehead atoms. The van der Waals surface area contributed by atoms with E-state index >= 15 is 0 Å². The Morgan fingerprint density at radius 3 is 2.30 bits per heavy atom. The maximum Gasteiger partial charge on any atom is 0.410 e. The van der Waals surface area contributed by atoms with E-state index in [1.807, 2.05) is 52.8 Å². The van der Waals surface area contributed by atoms with Gasteiger partial charge in [0.15, 0.2) is 0 Å². The maximum absolute atomic E-state index is 12.5. The van der Waals surface area contributed by atoms with E-state index in [9.17, 15) is 9.59 Å². The molecule has 6 nitrogen and oxygen atoms in total. The van der Waals surface area contributed by atoms with Crippen molar-refractivity contribution in [3.63, 3.8) is 0 Å². The maximum atomic E-state index is 12.5. The SMILES string of the molecule is CC.COC(=O)CC1CN(Cc2ccccc2)CCN1C(=O)OC(C)(C)C. The molecule has 1 unspecified atom stereocenters. The van der Waals surface area contributed by atoms with Gasteiger partial charge in [0, 0.05) is 26.2 Å². The zero-order chi connectivity index (χ0) is 20.4. The van der Waals surface area contributed by atoms with Gasteiger partial charge in [-0.05, 0) is 26.3 Å². The van der Waals surface area contributed by atoms with Gasteiger partial charge < -0.3 is 14.4 Å². The number of benzene rings is 1. The van der Waals surface area contributed by atoms with Crippen LogP contribution in [0.1, 0.15) is 46.6 Å². The Bertz CT molecular complexity index is 584. The van der Waals surface area contributed by atoms with Crippen molar-refractivity contribution in [2.75, 3.05) is 26.7 Å². The monoisotopic (exact) mass is 378 g/mol. The number of hydrogen-bond acceptors (Lipinski definition) is 5. The molecule has 0 aliphatic carbocycles. The second-order valence-corrected chi connectivity index (χ2v) is 7.33. The third kappa shape index (κ3) is 7.99. The number of rotatable bonds is 4. The minimum absolute atomic E-state index is 0.168. The summed E-state index contributed by atoms with van der Waals surface area (Å²) >= 11 is 0. The molecule has 0 saturated carbocycles. The van der Waals surface area contributed by atoms with Crippen LogP contribution in [-0.2, 0) is 20.8 Å². The molecular weight excluding hydrogens is 344 g/mol. The first-order valence-corrected chi connectivity index (χ1v) is 9.61. The predicted molar refractivity (Wildman–Crippen MR) is 106 cm³/mol. The van der Waals surface area contributed by atoms with Crippen LogP contribution >= 0.6 is 0 Å². The number of esters is 1. The van der Waals surface area contributed by atoms with E-state index in [2.05, 4.69) is 17.0 Å². The quantitative estimate of drug-likeness (QED) is 0.748. The largest absolute Gasteiger partial charge is 0.469 e. The molecule has 27 heavy (non-hydrogen) atoms. The highest BCUT2D eigenvalue weighted by Gasteiger charge is 2.34. The molecule has 1 heterocycles. The number of ether oxygens (including phenoxy) is 2. The molecule has 0 N–H and O–H groups in total. The summed E-state index contributed by atoms with van der Waals surface area (Å²) in [6.45, 7) is 12.2. The lowest BCUT2D eigenvalue weighted by atomic mass is 10.1. The summed E-state index contributed by atoms with van der Waals surface area (Å²) in [7, 11) is 1.37. The average molecular weight is 379 g/mol. The molecule has 1 atom stereocenters. The minimum Gasteiger partial charge on any atom is -0.469 e. The molecule has 0 aromatic heterocycles. The molecule has 6 heteroatoms. The van der Waals surface area contributed by atoms with Crippen molar-refractivity contribution in [1.29, 1.82) is 0 Å². The Morgan fingerprint density at radius 2 is 1.74 bits per heavy atom. The Balaban J connectivity index is 0.00000176. The van der Waals surface area contributed by atoms with Crippen molar-refractivity contribution in [2.45, 2.75) is 59.2 Å². The summed E-state index contributed by atoms with van der Waals surface area (Å²) in [5.41, 5.74) is 0.652. The zero-order valence-electron chi connectivity index (χ0n) is 17.5. The number of carbonyl (C=O) groups excluding carboxylic acids is 2. The van der Waals surface area contributed by atoms with Crippen molar-refractivity contribution in [3.05, 3.63) is 35.9 Å². The summed E-state index contributed by atoms with van der Waals surface area (Å²) in [6.07, 6.45) is -0.207. The Kier molecular flexibility index (Phi) is 9.29. The minimum atomic E-state index is -0.561. The van der Waals surface area contributed by atoms with Gasteiger partial charge in [0.2, 0.25) is 0 Å². The van der Waals surface area contributed by atoms with E-state index in [1.54, 1.807) is 4.90 Å². The Hall–Kier alpha value is -2.08. The molecule has 0 radical (unpaired) electrons. The molecule has 1 aliphatic heterocycles. The molecule has 1 aromatic rings. The number of amides is 1. The van der Waals surface area contributed by atoms with Crippen molar-refractivity contribution in [1.82, 2.24) is 9.80 Å². The number of methoxy groups -OCH3 is 1. The molecule has 1 saturated heterocycles. The molecule has 1 fully saturated rings. The van der Waals surface area contributed by atoms with E-state index < -0.39 is 5.60 Å². The van der Waals surface area contributed by atoms with Crippen molar-refractivity contribution < 1.29 is 19.1 Å². The molecule has 1 aromatic carbocycles. The number of hydrogen-bond donors (Lipinski definition) is 0. The number of carbonyl (C=O) groups is 2. The van der Waals surface area contributed by atoms with Crippen LogP contribution in [0.3, 0.4) is 0 Å². The van der Waals surface area contributed by atoms with Crippen molar-refractivity contribution in [3.8, 4) is 0 Å². The normalized spacial score (nSPS) is 17.6. The van der Waals surface area contributed by atoms with Gasteiger partial charge in [0.1, 0.15) is 5.60 Å². The fraction of sp³-hybridized carbons (Fsp3) is 0.619. The van der Waals surface area contributed by atoms with E-state index in [-0.39, 0.29) is 24.5 Å². The van der Waals surface area contributed by atoms with Crippen LogP contribution in [0, 0.1) is 0 Å². The summed E-state index contributed by atoms with van der Waals surface area (Å²) in [4.78, 5) is 28.2. The van der Waals surface area contributed by atoms with E-state index in [1.165, 1.54) is 12.7 Å². The van der Waals surface area contributed by atoms with Gasteiger partial charge >= 0.3 is 12.1 Å². The lowest BCUT2D eigenvalue weighted by molar-refractivity contribution is -0.142. The van der Waals surface area contributed by atoms with E-state index in [0.717, 1.165) is 13.1 Å². The molecule has 0 spiro atoms. The third-order valence-corrected chi connectivity index (χ3v) is 4.07. The first kappa shape index (κ1) is 23.0. The van der Waals surface area contributed by atoms with Gasteiger partial charge in [-0.2, -0.15) is 0 Å². The summed E-state index contributed by atoms with van der Waals surface area (Å²) in [5.74, 6) is -0.319. The van der Waals surface area contributed by atoms with Crippen LogP contribution in [0.25, 0.3) is 0 Å². The van der Waals surface area contributed by atoms with Gasteiger partial charge in [-0.25, -0.2) is 4.79 Å². The van der Waals surface area contributed by atoms with Crippen LogP contribution < -0.4 is 0 Å². The van der Waals surface area contributed by atoms with Crippen LogP contribution in [-0.4, -0.2) is 60.2 Å². The fourth-order valence-corrected chi connectivity index (χ4v) is 2.92. The highest BCUT2D eigenvalue weighted by atomic mass is 16.6. The highest BCUT2D eigenvalue weighted by Crippen LogP contribution is 2.19. The van der Waals surface area contributed by atoms with Crippen LogP contribution in [0.15, 0.2) is 30.3 Å². The van der Waals surface area contributed by atoms with Gasteiger partial charge in [-0.15, -0.1) is 0 Å². The van der Waals surface area contributed by atoms with Gasteiger partial charge in [0.05, 0.1) is 19.6 Å². The zero-order valence-corrected chi connectivity index (χ0v) is 17.5. The molecule has 1 amide bonds. The standard InChI is InChI=1S/C19H28N2O4.C2H6/c1-19(2,3)25-18(23)21-11-10-20(13-15-8-6-5-7-9-15)14-16(21)12-17(22)24-4;1-2/h5-9,16H,10-14H2,1-4H3;1-2H3. The molecular formula is C21H34N2O4. The smallest absolute Gasteiger partial charge is 0.410 e. The third-order valence-electron chi connectivity index (χ3n) is 4.07. The van der Waals surface area contributed by atoms with Crippen molar-refractivity contribution in [2.24, 2.45) is 0 Å². The Morgan fingerprint density at radius 1 is 1.11 bits per heavy atom. The van der Waals surface area contributed by atoms with E-state index in [0.29, 0.717) is 13.1 Å². The molecule has 152 valence electrons. The molecule has 2 rings (SSSR count). The van der Waals surface area contributed by atoms with E-state index in [4.69, 9.17) is 9.47 Å². The summed E-state index contributed by atoms with van der Waals surface area (Å²) in [6, 6.07) is 9.92. The van der Waals surface area contributed by atoms with Gasteiger partial charge in [-0.3, -0.25) is 9.69 Å². The van der Waals surface area contributed by atoms with Gasteiger partial charge in [0.25, 0.3) is 0 Å². The Labute approximate surface area is 163 Å².